The summed E-state index contributed by atoms with van der Waals surface area (Å²) in [6, 6.07) is 6.72. The van der Waals surface area contributed by atoms with E-state index < -0.39 is 11.5 Å². The molecule has 0 aliphatic heterocycles. The fourth-order valence-corrected chi connectivity index (χ4v) is 2.85. The second-order valence-electron chi connectivity index (χ2n) is 6.48. The Morgan fingerprint density at radius 3 is 2.48 bits per heavy atom. The van der Waals surface area contributed by atoms with Crippen molar-refractivity contribution in [2.45, 2.75) is 20.4 Å². The minimum atomic E-state index is -0.496. The highest BCUT2D eigenvalue weighted by molar-refractivity contribution is 6.05. The van der Waals surface area contributed by atoms with Gasteiger partial charge < -0.3 is 19.4 Å². The van der Waals surface area contributed by atoms with Crippen molar-refractivity contribution in [3.8, 4) is 11.5 Å². The molecule has 0 unspecified atom stereocenters. The van der Waals surface area contributed by atoms with Gasteiger partial charge in [-0.2, -0.15) is 0 Å². The number of nitrogens with zero attached hydrogens (tertiary/aromatic N) is 3. The molecule has 1 amide bonds. The van der Waals surface area contributed by atoms with Crippen LogP contribution in [0.3, 0.4) is 0 Å². The summed E-state index contributed by atoms with van der Waals surface area (Å²) in [5, 5.41) is 2.75. The van der Waals surface area contributed by atoms with E-state index >= 15 is 0 Å². The van der Waals surface area contributed by atoms with E-state index in [1.54, 1.807) is 49.8 Å². The molecule has 0 saturated heterocycles. The summed E-state index contributed by atoms with van der Waals surface area (Å²) in [7, 11) is 3.04. The Morgan fingerprint density at radius 2 is 1.83 bits per heavy atom. The number of carbonyl (C=O) groups is 1. The summed E-state index contributed by atoms with van der Waals surface area (Å²) >= 11 is 0. The third kappa shape index (κ3) is 4.43. The molecule has 2 aromatic heterocycles. The Kier molecular flexibility index (Phi) is 5.92. The summed E-state index contributed by atoms with van der Waals surface area (Å²) in [6.07, 6.45) is 4.90. The molecule has 1 aromatic carbocycles. The van der Waals surface area contributed by atoms with Gasteiger partial charge >= 0.3 is 0 Å². The summed E-state index contributed by atoms with van der Waals surface area (Å²) < 4.78 is 11.9. The number of methoxy groups -OCH3 is 2. The van der Waals surface area contributed by atoms with E-state index in [9.17, 15) is 9.59 Å². The predicted octanol–water partition coefficient (Wildman–Crippen LogP) is 2.57. The van der Waals surface area contributed by atoms with E-state index in [-0.39, 0.29) is 12.1 Å². The highest BCUT2D eigenvalue weighted by Gasteiger charge is 2.17. The lowest BCUT2D eigenvalue weighted by molar-refractivity contribution is 0.102. The minimum Gasteiger partial charge on any atom is -0.493 e. The van der Waals surface area contributed by atoms with Crippen LogP contribution in [0.5, 0.6) is 11.5 Å². The fourth-order valence-electron chi connectivity index (χ4n) is 2.85. The molecule has 0 radical (unpaired) electrons. The molecule has 2 heterocycles. The van der Waals surface area contributed by atoms with Crippen molar-refractivity contribution in [2.24, 2.45) is 0 Å². The van der Waals surface area contributed by atoms with Crippen molar-refractivity contribution in [3.05, 3.63) is 75.7 Å². The standard InChI is InChI=1S/C21H22N4O4/c1-13-7-8-25(12-16-11-22-14(2)10-23-16)21(27)19(13)20(26)24-15-5-6-17(28-3)18(9-15)29-4/h5-11H,12H2,1-4H3,(H,24,26). The quantitative estimate of drug-likeness (QED) is 0.690. The number of pyridine rings is 1. The van der Waals surface area contributed by atoms with Gasteiger partial charge in [-0.15, -0.1) is 0 Å². The van der Waals surface area contributed by atoms with E-state index in [1.165, 1.54) is 18.8 Å². The smallest absolute Gasteiger partial charge is 0.264 e. The van der Waals surface area contributed by atoms with Crippen LogP contribution >= 0.6 is 0 Å². The first-order valence-corrected chi connectivity index (χ1v) is 8.94. The molecule has 3 aromatic rings. The first-order chi connectivity index (χ1) is 13.9. The second kappa shape index (κ2) is 8.55. The zero-order valence-electron chi connectivity index (χ0n) is 16.7. The number of nitrogens with one attached hydrogen (secondary N) is 1. The lowest BCUT2D eigenvalue weighted by atomic mass is 10.1. The lowest BCUT2D eigenvalue weighted by Gasteiger charge is -2.13. The van der Waals surface area contributed by atoms with Crippen LogP contribution in [0.4, 0.5) is 5.69 Å². The molecule has 0 aliphatic carbocycles. The van der Waals surface area contributed by atoms with Gasteiger partial charge in [0.25, 0.3) is 11.5 Å². The maximum Gasteiger partial charge on any atom is 0.264 e. The SMILES string of the molecule is COc1ccc(NC(=O)c2c(C)ccn(Cc3cnc(C)cn3)c2=O)cc1OC. The maximum atomic E-state index is 12.9. The number of benzene rings is 1. The molecular formula is C21H22N4O4. The third-order valence-corrected chi connectivity index (χ3v) is 4.41. The molecule has 150 valence electrons. The van der Waals surface area contributed by atoms with Gasteiger partial charge in [0.2, 0.25) is 0 Å². The van der Waals surface area contributed by atoms with Crippen molar-refractivity contribution in [3.63, 3.8) is 0 Å². The summed E-state index contributed by atoms with van der Waals surface area (Å²) in [4.78, 5) is 34.2. The Bertz CT molecular complexity index is 1090. The topological polar surface area (TPSA) is 95.3 Å². The molecule has 0 fully saturated rings. The molecule has 0 bridgehead atoms. The Labute approximate surface area is 168 Å². The number of amides is 1. The highest BCUT2D eigenvalue weighted by Crippen LogP contribution is 2.29. The van der Waals surface area contributed by atoms with Crippen molar-refractivity contribution in [1.82, 2.24) is 14.5 Å². The van der Waals surface area contributed by atoms with Crippen molar-refractivity contribution >= 4 is 11.6 Å². The molecule has 0 aliphatic rings. The summed E-state index contributed by atoms with van der Waals surface area (Å²) in [5.74, 6) is 0.525. The lowest BCUT2D eigenvalue weighted by Crippen LogP contribution is -2.30. The maximum absolute atomic E-state index is 12.9. The molecule has 29 heavy (non-hydrogen) atoms. The van der Waals surface area contributed by atoms with E-state index in [4.69, 9.17) is 9.47 Å². The molecule has 0 saturated carbocycles. The van der Waals surface area contributed by atoms with Crippen molar-refractivity contribution in [1.29, 1.82) is 0 Å². The third-order valence-electron chi connectivity index (χ3n) is 4.41. The van der Waals surface area contributed by atoms with Gasteiger partial charge in [-0.3, -0.25) is 19.6 Å². The predicted molar refractivity (Wildman–Crippen MR) is 109 cm³/mol. The number of ether oxygens (including phenoxy) is 2. The molecule has 8 heteroatoms. The van der Waals surface area contributed by atoms with Crippen LogP contribution in [-0.2, 0) is 6.54 Å². The van der Waals surface area contributed by atoms with Crippen LogP contribution in [0, 0.1) is 13.8 Å². The average molecular weight is 394 g/mol. The van der Waals surface area contributed by atoms with E-state index in [0.29, 0.717) is 28.4 Å². The van der Waals surface area contributed by atoms with Gasteiger partial charge in [0, 0.05) is 24.1 Å². The number of aryl methyl sites for hydroxylation is 2. The number of aromatic nitrogens is 3. The fraction of sp³-hybridized carbons (Fsp3) is 0.238. The second-order valence-corrected chi connectivity index (χ2v) is 6.48. The van der Waals surface area contributed by atoms with E-state index in [1.807, 2.05) is 6.92 Å². The summed E-state index contributed by atoms with van der Waals surface area (Å²) in [6.45, 7) is 3.79. The van der Waals surface area contributed by atoms with Crippen LogP contribution in [0.15, 0.2) is 47.7 Å². The van der Waals surface area contributed by atoms with Crippen LogP contribution < -0.4 is 20.3 Å². The Hall–Kier alpha value is -3.68. The van der Waals surface area contributed by atoms with Gasteiger partial charge in [-0.1, -0.05) is 0 Å². The van der Waals surface area contributed by atoms with Gasteiger partial charge in [-0.25, -0.2) is 0 Å². The first-order valence-electron chi connectivity index (χ1n) is 8.94. The van der Waals surface area contributed by atoms with Crippen molar-refractivity contribution < 1.29 is 14.3 Å². The monoisotopic (exact) mass is 394 g/mol. The van der Waals surface area contributed by atoms with Gasteiger partial charge in [0.15, 0.2) is 11.5 Å². The van der Waals surface area contributed by atoms with Crippen LogP contribution in [0.2, 0.25) is 0 Å². The zero-order chi connectivity index (χ0) is 21.0. The minimum absolute atomic E-state index is 0.0716. The normalized spacial score (nSPS) is 10.5. The number of rotatable bonds is 6. The molecular weight excluding hydrogens is 372 g/mol. The van der Waals surface area contributed by atoms with Crippen molar-refractivity contribution in [2.75, 3.05) is 19.5 Å². The molecule has 1 N–H and O–H groups in total. The van der Waals surface area contributed by atoms with Crippen LogP contribution in [-0.4, -0.2) is 34.7 Å². The Balaban J connectivity index is 1.89. The molecule has 8 nitrogen and oxygen atoms in total. The number of hydrogen-bond donors (Lipinski definition) is 1. The Morgan fingerprint density at radius 1 is 1.07 bits per heavy atom. The van der Waals surface area contributed by atoms with Gasteiger partial charge in [0.05, 0.1) is 38.3 Å². The van der Waals surface area contributed by atoms with E-state index in [2.05, 4.69) is 15.3 Å². The first kappa shape index (κ1) is 20.1. The average Bonchev–Trinajstić information content (AvgIpc) is 2.71. The van der Waals surface area contributed by atoms with Crippen LogP contribution in [0.25, 0.3) is 0 Å². The van der Waals surface area contributed by atoms with E-state index in [0.717, 1.165) is 5.69 Å². The zero-order valence-corrected chi connectivity index (χ0v) is 16.7. The van der Waals surface area contributed by atoms with Crippen LogP contribution in [0.1, 0.15) is 27.3 Å². The number of hydrogen-bond acceptors (Lipinski definition) is 6. The highest BCUT2D eigenvalue weighted by atomic mass is 16.5. The summed E-state index contributed by atoms with van der Waals surface area (Å²) in [5.41, 5.74) is 2.17. The molecule has 0 atom stereocenters. The van der Waals surface area contributed by atoms with Gasteiger partial charge in [-0.05, 0) is 37.6 Å². The number of anilines is 1. The number of carbonyl (C=O) groups excluding carboxylic acids is 1. The van der Waals surface area contributed by atoms with Gasteiger partial charge in [0.1, 0.15) is 5.56 Å². The molecule has 3 rings (SSSR count). The molecule has 0 spiro atoms. The largest absolute Gasteiger partial charge is 0.493 e.